The number of nitrogens with zero attached hydrogens (tertiary/aromatic N) is 3. The number of sulfonamides is 1. The Kier molecular flexibility index (Phi) is 10.1. The molecule has 3 atom stereocenters. The second-order valence-corrected chi connectivity index (χ2v) is 13.8. The molecule has 0 saturated carbocycles. The summed E-state index contributed by atoms with van der Waals surface area (Å²) in [4.78, 5) is 16.9. The molecule has 0 aliphatic carbocycles. The summed E-state index contributed by atoms with van der Waals surface area (Å²) in [5.41, 5.74) is 0.938. The summed E-state index contributed by atoms with van der Waals surface area (Å²) < 4.78 is 40.5. The molecule has 2 fully saturated rings. The second kappa shape index (κ2) is 13.1. The lowest BCUT2D eigenvalue weighted by molar-refractivity contribution is 0.0467. The van der Waals surface area contributed by atoms with Gasteiger partial charge in [-0.1, -0.05) is 55.6 Å². The first-order valence-corrected chi connectivity index (χ1v) is 17.1. The van der Waals surface area contributed by atoms with Crippen LogP contribution in [0.3, 0.4) is 0 Å². The molecule has 11 heteroatoms. The SMILES string of the molecule is C=Ic1cccc(S(=O)(=O)N2[C@@H](COC(=O)N3CCN(CCO)CC3)CCC[C@H]2c2cccc(P)c2)c1. The Bertz CT molecular complexity index is 1210. The van der Waals surface area contributed by atoms with Gasteiger partial charge in [0.15, 0.2) is 0 Å². The average molecular weight is 660 g/mol. The minimum absolute atomic E-state index is 0.00787. The highest BCUT2D eigenvalue weighted by atomic mass is 127. The molecule has 1 N–H and O–H groups in total. The number of piperazine rings is 1. The fourth-order valence-corrected chi connectivity index (χ4v) is 8.47. The number of aliphatic hydroxyl groups excluding tert-OH is 1. The molecular weight excluding hydrogens is 624 g/mol. The van der Waals surface area contributed by atoms with Crippen LogP contribution in [0.4, 0.5) is 4.79 Å². The quantitative estimate of drug-likeness (QED) is 0.347. The molecule has 2 aliphatic rings. The molecule has 0 spiro atoms. The van der Waals surface area contributed by atoms with E-state index in [9.17, 15) is 13.2 Å². The summed E-state index contributed by atoms with van der Waals surface area (Å²) >= 11 is -0.504. The van der Waals surface area contributed by atoms with Gasteiger partial charge in [-0.25, -0.2) is 13.2 Å². The van der Waals surface area contributed by atoms with Crippen molar-refractivity contribution in [2.24, 2.45) is 0 Å². The van der Waals surface area contributed by atoms with E-state index in [0.717, 1.165) is 20.9 Å². The molecule has 0 radical (unpaired) electrons. The lowest BCUT2D eigenvalue weighted by atomic mass is 9.93. The van der Waals surface area contributed by atoms with E-state index in [0.29, 0.717) is 45.6 Å². The summed E-state index contributed by atoms with van der Waals surface area (Å²) in [5.74, 6) is 0. The predicted molar refractivity (Wildman–Crippen MR) is 158 cm³/mol. The van der Waals surface area contributed by atoms with Gasteiger partial charge in [-0.2, -0.15) is 4.31 Å². The zero-order chi connectivity index (χ0) is 26.4. The lowest BCUT2D eigenvalue weighted by Crippen LogP contribution is -2.51. The van der Waals surface area contributed by atoms with Crippen LogP contribution in [0.1, 0.15) is 30.9 Å². The van der Waals surface area contributed by atoms with Gasteiger partial charge >= 0.3 is 6.09 Å². The fraction of sp³-hybridized carbons (Fsp3) is 0.462. The third kappa shape index (κ3) is 6.96. The number of ether oxygens (including phenoxy) is 1. The highest BCUT2D eigenvalue weighted by molar-refractivity contribution is 14.2. The summed E-state index contributed by atoms with van der Waals surface area (Å²) in [6, 6.07) is 14.2. The Hall–Kier alpha value is -1.43. The van der Waals surface area contributed by atoms with Crippen molar-refractivity contribution in [3.8, 4) is 0 Å². The number of amides is 1. The number of carbonyl (C=O) groups excluding carboxylic acids is 1. The highest BCUT2D eigenvalue weighted by Crippen LogP contribution is 2.39. The minimum atomic E-state index is -3.86. The van der Waals surface area contributed by atoms with Crippen molar-refractivity contribution in [3.05, 3.63) is 57.7 Å². The molecule has 1 amide bonds. The first kappa shape index (κ1) is 28.6. The summed E-state index contributed by atoms with van der Waals surface area (Å²) in [6.45, 7) is 3.10. The fourth-order valence-electron chi connectivity index (χ4n) is 5.04. The third-order valence-corrected chi connectivity index (χ3v) is 10.8. The van der Waals surface area contributed by atoms with Crippen molar-refractivity contribution in [1.29, 1.82) is 0 Å². The molecule has 8 nitrogen and oxygen atoms in total. The summed E-state index contributed by atoms with van der Waals surface area (Å²) in [5, 5.41) is 10.1. The van der Waals surface area contributed by atoms with Crippen molar-refractivity contribution in [1.82, 2.24) is 14.1 Å². The van der Waals surface area contributed by atoms with Gasteiger partial charge in [-0.15, -0.1) is 9.24 Å². The van der Waals surface area contributed by atoms with E-state index in [2.05, 4.69) is 18.7 Å². The molecule has 2 aliphatic heterocycles. The van der Waals surface area contributed by atoms with Crippen LogP contribution in [0.15, 0.2) is 53.4 Å². The lowest BCUT2D eigenvalue weighted by Gasteiger charge is -2.41. The van der Waals surface area contributed by atoms with Gasteiger partial charge in [0.05, 0.1) is 23.6 Å². The smallest absolute Gasteiger partial charge is 0.409 e. The molecular formula is C26H35IN3O5PS. The number of hydrogen-bond acceptors (Lipinski definition) is 6. The van der Waals surface area contributed by atoms with Gasteiger partial charge in [-0.3, -0.25) is 4.90 Å². The molecule has 0 bridgehead atoms. The van der Waals surface area contributed by atoms with Crippen molar-refractivity contribution in [2.75, 3.05) is 45.9 Å². The van der Waals surface area contributed by atoms with E-state index < -0.39 is 42.9 Å². The van der Waals surface area contributed by atoms with E-state index in [4.69, 9.17) is 9.84 Å². The van der Waals surface area contributed by atoms with Crippen molar-refractivity contribution in [3.63, 3.8) is 0 Å². The maximum Gasteiger partial charge on any atom is 0.409 e. The maximum absolute atomic E-state index is 14.1. The van der Waals surface area contributed by atoms with Crippen LogP contribution in [0.2, 0.25) is 0 Å². The molecule has 2 aromatic rings. The van der Waals surface area contributed by atoms with E-state index >= 15 is 0 Å². The standard InChI is InChI=1S/C26H35IN3O5PS/c1-27-21-6-3-9-24(18-21)37(33,34)30-22(7-4-10-25(30)20-5-2-8-23(36)17-20)19-35-26(32)29-13-11-28(12-14-29)15-16-31/h2-3,5-6,8-9,17-18,22,25,31H,1,4,7,10-16,19,36H2/t22-,25+/m1/s1. The topological polar surface area (TPSA) is 90.4 Å². The Balaban J connectivity index is 1.57. The van der Waals surface area contributed by atoms with Gasteiger partial charge in [-0.05, 0) is 48.3 Å². The van der Waals surface area contributed by atoms with Gasteiger partial charge in [0.25, 0.3) is 0 Å². The van der Waals surface area contributed by atoms with Crippen LogP contribution in [0.5, 0.6) is 0 Å². The molecule has 2 saturated heterocycles. The van der Waals surface area contributed by atoms with Crippen LogP contribution >= 0.6 is 30.0 Å². The molecule has 0 aromatic heterocycles. The predicted octanol–water partition coefficient (Wildman–Crippen LogP) is 2.79. The molecule has 1 unspecified atom stereocenters. The number of benzene rings is 2. The van der Waals surface area contributed by atoms with Crippen LogP contribution in [0, 0.1) is 3.57 Å². The van der Waals surface area contributed by atoms with E-state index in [-0.39, 0.29) is 24.2 Å². The zero-order valence-corrected chi connectivity index (χ0v) is 25.0. The second-order valence-electron chi connectivity index (χ2n) is 9.33. The van der Waals surface area contributed by atoms with Gasteiger partial charge in [0, 0.05) is 36.3 Å². The van der Waals surface area contributed by atoms with Gasteiger partial charge in [0.1, 0.15) is 6.61 Å². The number of aliphatic hydroxyl groups is 1. The highest BCUT2D eigenvalue weighted by Gasteiger charge is 2.41. The van der Waals surface area contributed by atoms with Gasteiger partial charge < -0.3 is 14.7 Å². The zero-order valence-electron chi connectivity index (χ0n) is 20.8. The van der Waals surface area contributed by atoms with Crippen molar-refractivity contribution >= 4 is 55.9 Å². The maximum atomic E-state index is 14.1. The first-order valence-electron chi connectivity index (χ1n) is 12.5. The van der Waals surface area contributed by atoms with Crippen molar-refractivity contribution in [2.45, 2.75) is 36.2 Å². The molecule has 2 aromatic carbocycles. The summed E-state index contributed by atoms with van der Waals surface area (Å²) in [7, 11) is -1.18. The molecule has 2 heterocycles. The Morgan fingerprint density at radius 1 is 1.11 bits per heavy atom. The number of β-amino-alcohol motifs (C(OH)–C–C–N with tert-alkyl or cyclic N) is 1. The summed E-state index contributed by atoms with van der Waals surface area (Å²) in [6.07, 6.45) is 1.74. The third-order valence-electron chi connectivity index (χ3n) is 6.95. The molecule has 37 heavy (non-hydrogen) atoms. The molecule has 4 rings (SSSR count). The largest absolute Gasteiger partial charge is 0.448 e. The number of piperidine rings is 1. The average Bonchev–Trinajstić information content (AvgIpc) is 2.92. The van der Waals surface area contributed by atoms with Crippen molar-refractivity contribution < 1.29 is 23.1 Å². The van der Waals surface area contributed by atoms with Crippen LogP contribution in [0.25, 0.3) is 0 Å². The van der Waals surface area contributed by atoms with Crippen LogP contribution in [-0.4, -0.2) is 90.2 Å². The van der Waals surface area contributed by atoms with E-state index in [1.807, 2.05) is 30.3 Å². The molecule has 202 valence electrons. The monoisotopic (exact) mass is 659 g/mol. The number of rotatable bonds is 8. The van der Waals surface area contributed by atoms with Crippen LogP contribution in [-0.2, 0) is 14.8 Å². The Morgan fingerprint density at radius 3 is 2.57 bits per heavy atom. The number of hydrogen-bond donors (Lipinski definition) is 1. The Morgan fingerprint density at radius 2 is 1.86 bits per heavy atom. The van der Waals surface area contributed by atoms with E-state index in [1.165, 1.54) is 0 Å². The van der Waals surface area contributed by atoms with E-state index in [1.54, 1.807) is 27.4 Å². The number of halogens is 1. The van der Waals surface area contributed by atoms with Crippen LogP contribution < -0.4 is 5.30 Å². The number of carbonyl (C=O) groups is 1. The normalized spacial score (nSPS) is 21.6. The minimum Gasteiger partial charge on any atom is -0.448 e. The van der Waals surface area contributed by atoms with Gasteiger partial charge in [0.2, 0.25) is 10.0 Å². The Labute approximate surface area is 232 Å². The first-order chi connectivity index (χ1) is 17.8.